The van der Waals surface area contributed by atoms with Gasteiger partial charge in [-0.25, -0.2) is 0 Å². The zero-order valence-corrected chi connectivity index (χ0v) is 12.6. The molecule has 2 nitrogen and oxygen atoms in total. The molecule has 2 bridgehead atoms. The average molecular weight is 283 g/mol. The standard InChI is InChI=1S/C19H25NO/c21-17-8-4-7-15-11-16-13-19(18(15)17,9-10-20-16)12-14-5-2-1-3-6-14/h2,4-5,7-8,14,16,20-21H,1,3,6,9-13H2/t14?,16-,19+/m1/s1. The monoisotopic (exact) mass is 283 g/mol. The molecule has 0 radical (unpaired) electrons. The Morgan fingerprint density at radius 1 is 1.33 bits per heavy atom. The second kappa shape index (κ2) is 5.17. The maximum absolute atomic E-state index is 10.5. The van der Waals surface area contributed by atoms with E-state index in [1.165, 1.54) is 49.7 Å². The fourth-order valence-corrected chi connectivity index (χ4v) is 5.01. The molecule has 3 atom stereocenters. The second-order valence-corrected chi connectivity index (χ2v) is 7.22. The minimum atomic E-state index is 0.196. The van der Waals surface area contributed by atoms with E-state index in [1.807, 2.05) is 12.1 Å². The van der Waals surface area contributed by atoms with E-state index in [2.05, 4.69) is 23.5 Å². The predicted molar refractivity (Wildman–Crippen MR) is 85.6 cm³/mol. The van der Waals surface area contributed by atoms with Gasteiger partial charge in [-0.2, -0.15) is 0 Å². The number of benzene rings is 1. The number of piperidine rings is 1. The van der Waals surface area contributed by atoms with Crippen molar-refractivity contribution in [3.8, 4) is 5.75 Å². The van der Waals surface area contributed by atoms with E-state index in [4.69, 9.17) is 0 Å². The van der Waals surface area contributed by atoms with E-state index in [0.29, 0.717) is 17.7 Å². The quantitative estimate of drug-likeness (QED) is 0.811. The summed E-state index contributed by atoms with van der Waals surface area (Å²) in [7, 11) is 0. The molecule has 3 aliphatic rings. The third-order valence-electron chi connectivity index (χ3n) is 5.81. The van der Waals surface area contributed by atoms with Crippen LogP contribution in [0, 0.1) is 5.92 Å². The van der Waals surface area contributed by atoms with E-state index < -0.39 is 0 Å². The molecule has 1 aromatic rings. The first-order valence-electron chi connectivity index (χ1n) is 8.48. The van der Waals surface area contributed by atoms with Crippen molar-refractivity contribution in [3.63, 3.8) is 0 Å². The van der Waals surface area contributed by atoms with Gasteiger partial charge < -0.3 is 10.4 Å². The van der Waals surface area contributed by atoms with Crippen molar-refractivity contribution in [2.45, 2.75) is 56.4 Å². The van der Waals surface area contributed by atoms with Crippen LogP contribution in [-0.2, 0) is 11.8 Å². The van der Waals surface area contributed by atoms with Crippen LogP contribution >= 0.6 is 0 Å². The molecule has 4 rings (SSSR count). The van der Waals surface area contributed by atoms with Gasteiger partial charge in [-0.15, -0.1) is 0 Å². The molecule has 2 heteroatoms. The SMILES string of the molecule is Oc1cccc2c1[C@]1(CC3C=CCCC3)CCN[C@H](C2)C1. The van der Waals surface area contributed by atoms with Crippen LogP contribution in [0.5, 0.6) is 5.75 Å². The highest BCUT2D eigenvalue weighted by Crippen LogP contribution is 2.50. The van der Waals surface area contributed by atoms with Gasteiger partial charge in [0.1, 0.15) is 5.75 Å². The number of nitrogens with one attached hydrogen (secondary N) is 1. The number of phenols is 1. The van der Waals surface area contributed by atoms with Crippen LogP contribution in [0.1, 0.15) is 49.7 Å². The van der Waals surface area contributed by atoms with Crippen molar-refractivity contribution in [2.75, 3.05) is 6.54 Å². The third kappa shape index (κ3) is 2.30. The number of hydrogen-bond acceptors (Lipinski definition) is 2. The number of hydrogen-bond donors (Lipinski definition) is 2. The van der Waals surface area contributed by atoms with E-state index in [0.717, 1.165) is 13.0 Å². The average Bonchev–Trinajstić information content (AvgIpc) is 2.48. The first-order chi connectivity index (χ1) is 10.3. The molecule has 0 amide bonds. The zero-order valence-electron chi connectivity index (χ0n) is 12.6. The number of rotatable bonds is 2. The minimum absolute atomic E-state index is 0.196. The van der Waals surface area contributed by atoms with E-state index >= 15 is 0 Å². The Morgan fingerprint density at radius 2 is 2.29 bits per heavy atom. The van der Waals surface area contributed by atoms with Crippen LogP contribution in [0.3, 0.4) is 0 Å². The molecular formula is C19H25NO. The first-order valence-corrected chi connectivity index (χ1v) is 8.48. The molecule has 1 fully saturated rings. The lowest BCUT2D eigenvalue weighted by Crippen LogP contribution is -2.51. The van der Waals surface area contributed by atoms with Gasteiger partial charge in [0.05, 0.1) is 0 Å². The van der Waals surface area contributed by atoms with Crippen LogP contribution in [0.4, 0.5) is 0 Å². The summed E-state index contributed by atoms with van der Waals surface area (Å²) in [6.07, 6.45) is 13.3. The highest BCUT2D eigenvalue weighted by atomic mass is 16.3. The molecule has 0 spiro atoms. The van der Waals surface area contributed by atoms with Crippen molar-refractivity contribution in [2.24, 2.45) is 5.92 Å². The molecule has 1 saturated heterocycles. The molecule has 112 valence electrons. The molecule has 0 saturated carbocycles. The molecule has 2 aliphatic carbocycles. The first kappa shape index (κ1) is 13.4. The Labute approximate surface area is 127 Å². The Kier molecular flexibility index (Phi) is 3.30. The van der Waals surface area contributed by atoms with E-state index in [-0.39, 0.29) is 5.41 Å². The highest BCUT2D eigenvalue weighted by Gasteiger charge is 2.45. The van der Waals surface area contributed by atoms with Crippen molar-refractivity contribution in [1.82, 2.24) is 5.32 Å². The lowest BCUT2D eigenvalue weighted by molar-refractivity contribution is 0.190. The van der Waals surface area contributed by atoms with Crippen LogP contribution < -0.4 is 5.32 Å². The number of allylic oxidation sites excluding steroid dienone is 2. The van der Waals surface area contributed by atoms with Gasteiger partial charge in [0, 0.05) is 17.0 Å². The second-order valence-electron chi connectivity index (χ2n) is 7.22. The van der Waals surface area contributed by atoms with Gasteiger partial charge in [0.2, 0.25) is 0 Å². The number of phenolic OH excluding ortho intramolecular Hbond substituents is 1. The van der Waals surface area contributed by atoms with Gasteiger partial charge in [0.25, 0.3) is 0 Å². The Balaban J connectivity index is 1.75. The number of aromatic hydroxyl groups is 1. The molecule has 0 aromatic heterocycles. The van der Waals surface area contributed by atoms with Gasteiger partial charge in [-0.1, -0.05) is 24.3 Å². The fourth-order valence-electron chi connectivity index (χ4n) is 5.01. The fraction of sp³-hybridized carbons (Fsp3) is 0.579. The lowest BCUT2D eigenvalue weighted by atomic mass is 9.60. The van der Waals surface area contributed by atoms with Gasteiger partial charge in [0.15, 0.2) is 0 Å². The maximum Gasteiger partial charge on any atom is 0.119 e. The molecule has 1 heterocycles. The molecule has 2 N–H and O–H groups in total. The summed E-state index contributed by atoms with van der Waals surface area (Å²) in [5, 5.41) is 14.2. The van der Waals surface area contributed by atoms with Gasteiger partial charge in [-0.3, -0.25) is 0 Å². The van der Waals surface area contributed by atoms with Crippen molar-refractivity contribution < 1.29 is 5.11 Å². The van der Waals surface area contributed by atoms with E-state index in [1.54, 1.807) is 0 Å². The molecular weight excluding hydrogens is 258 g/mol. The van der Waals surface area contributed by atoms with E-state index in [9.17, 15) is 5.11 Å². The summed E-state index contributed by atoms with van der Waals surface area (Å²) < 4.78 is 0. The summed E-state index contributed by atoms with van der Waals surface area (Å²) in [5.41, 5.74) is 2.85. The van der Waals surface area contributed by atoms with Crippen molar-refractivity contribution in [1.29, 1.82) is 0 Å². The van der Waals surface area contributed by atoms with Gasteiger partial charge >= 0.3 is 0 Å². The maximum atomic E-state index is 10.5. The van der Waals surface area contributed by atoms with Crippen LogP contribution in [0.25, 0.3) is 0 Å². The lowest BCUT2D eigenvalue weighted by Gasteiger charge is -2.48. The Bertz CT molecular complexity index is 565. The summed E-state index contributed by atoms with van der Waals surface area (Å²) in [6.45, 7) is 1.09. The van der Waals surface area contributed by atoms with Crippen molar-refractivity contribution >= 4 is 0 Å². The molecule has 21 heavy (non-hydrogen) atoms. The van der Waals surface area contributed by atoms with Crippen LogP contribution in [0.2, 0.25) is 0 Å². The van der Waals surface area contributed by atoms with Gasteiger partial charge in [-0.05, 0) is 69.0 Å². The molecule has 1 aromatic carbocycles. The predicted octanol–water partition coefficient (Wildman–Crippen LogP) is 3.68. The Hall–Kier alpha value is -1.28. The number of fused-ring (bicyclic) bond motifs is 4. The largest absolute Gasteiger partial charge is 0.508 e. The summed E-state index contributed by atoms with van der Waals surface area (Å²) >= 11 is 0. The minimum Gasteiger partial charge on any atom is -0.508 e. The summed E-state index contributed by atoms with van der Waals surface area (Å²) in [4.78, 5) is 0. The highest BCUT2D eigenvalue weighted by molar-refractivity contribution is 5.48. The normalized spacial score (nSPS) is 34.5. The topological polar surface area (TPSA) is 32.3 Å². The third-order valence-corrected chi connectivity index (χ3v) is 5.81. The molecule has 1 unspecified atom stereocenters. The Morgan fingerprint density at radius 3 is 3.14 bits per heavy atom. The zero-order chi connectivity index (χ0) is 14.3. The van der Waals surface area contributed by atoms with Crippen LogP contribution in [0.15, 0.2) is 30.4 Å². The molecule has 1 aliphatic heterocycles. The van der Waals surface area contributed by atoms with Crippen LogP contribution in [-0.4, -0.2) is 17.7 Å². The van der Waals surface area contributed by atoms with Crippen molar-refractivity contribution in [3.05, 3.63) is 41.5 Å². The summed E-state index contributed by atoms with van der Waals surface area (Å²) in [5.74, 6) is 1.23. The summed E-state index contributed by atoms with van der Waals surface area (Å²) in [6, 6.07) is 6.71. The smallest absolute Gasteiger partial charge is 0.119 e.